The predicted octanol–water partition coefficient (Wildman–Crippen LogP) is 2.26. The highest BCUT2D eigenvalue weighted by atomic mass is 32.2. The fraction of sp³-hybridized carbons (Fsp3) is 0.611. The average Bonchev–Trinajstić information content (AvgIpc) is 2.93. The minimum Gasteiger partial charge on any atom is -0.461 e. The fourth-order valence-electron chi connectivity index (χ4n) is 2.08. The Bertz CT molecular complexity index is 855. The van der Waals surface area contributed by atoms with Crippen molar-refractivity contribution in [3.05, 3.63) is 22.1 Å². The second-order valence-corrected chi connectivity index (χ2v) is 8.52. The topological polar surface area (TPSA) is 161 Å². The first kappa shape index (κ1) is 26.1. The zero-order chi connectivity index (χ0) is 23.8. The Kier molecular flexibility index (Phi) is 9.62. The highest BCUT2D eigenvalue weighted by Gasteiger charge is 2.41. The minimum atomic E-state index is -1.33. The van der Waals surface area contributed by atoms with E-state index in [-0.39, 0.29) is 18.1 Å². The maximum Gasteiger partial charge on any atom is 0.519 e. The van der Waals surface area contributed by atoms with Crippen molar-refractivity contribution in [2.24, 2.45) is 0 Å². The Hall–Kier alpha value is -2.96. The number of hydrogen-bond donors (Lipinski definition) is 1. The third-order valence-corrected chi connectivity index (χ3v) is 4.55. The van der Waals surface area contributed by atoms with Crippen molar-refractivity contribution in [2.45, 2.75) is 65.0 Å². The van der Waals surface area contributed by atoms with E-state index in [9.17, 15) is 24.0 Å². The van der Waals surface area contributed by atoms with E-state index < -0.39 is 52.8 Å². The molecule has 0 radical (unpaired) electrons. The standard InChI is InChI=1S/C18H25NO11S/c1-9(2)28-14(21)13(19-15(22)27-8-26-11(4)20)18(5,6)31-17(24)25-7-12-10(3)29-16(23)30-12/h9,13H,7-8H2,1-6H3,(H,19,22)/t13-/m0/s1. The van der Waals surface area contributed by atoms with E-state index in [0.717, 1.165) is 6.92 Å². The van der Waals surface area contributed by atoms with Crippen molar-refractivity contribution in [2.75, 3.05) is 6.79 Å². The number of rotatable bonds is 9. The molecule has 31 heavy (non-hydrogen) atoms. The Morgan fingerprint density at radius 3 is 2.26 bits per heavy atom. The number of alkyl carbamates (subject to hydrolysis) is 1. The summed E-state index contributed by atoms with van der Waals surface area (Å²) in [6.07, 6.45) is -1.56. The number of ether oxygens (including phenoxy) is 4. The molecule has 0 aliphatic rings. The molecule has 13 heteroatoms. The Labute approximate surface area is 181 Å². The van der Waals surface area contributed by atoms with Gasteiger partial charge in [0, 0.05) is 6.92 Å². The first-order chi connectivity index (χ1) is 14.3. The van der Waals surface area contributed by atoms with Gasteiger partial charge in [-0.2, -0.15) is 0 Å². The van der Waals surface area contributed by atoms with Crippen molar-refractivity contribution in [3.8, 4) is 0 Å². The summed E-state index contributed by atoms with van der Waals surface area (Å²) in [5.74, 6) is -2.20. The van der Waals surface area contributed by atoms with E-state index in [2.05, 4.69) is 19.2 Å². The molecule has 1 N–H and O–H groups in total. The predicted molar refractivity (Wildman–Crippen MR) is 105 cm³/mol. The second kappa shape index (κ2) is 11.4. The molecule has 1 amide bonds. The van der Waals surface area contributed by atoms with Gasteiger partial charge in [0.25, 0.3) is 0 Å². The lowest BCUT2D eigenvalue weighted by atomic mass is 10.0. The molecule has 0 aliphatic carbocycles. The molecule has 0 fully saturated rings. The van der Waals surface area contributed by atoms with Gasteiger partial charge in [0.2, 0.25) is 6.79 Å². The molecule has 0 spiro atoms. The van der Waals surface area contributed by atoms with E-state index in [1.54, 1.807) is 13.8 Å². The summed E-state index contributed by atoms with van der Waals surface area (Å²) in [7, 11) is 0. The maximum atomic E-state index is 12.5. The van der Waals surface area contributed by atoms with Crippen LogP contribution < -0.4 is 11.1 Å². The van der Waals surface area contributed by atoms with Gasteiger partial charge in [-0.1, -0.05) is 0 Å². The highest BCUT2D eigenvalue weighted by Crippen LogP contribution is 2.31. The van der Waals surface area contributed by atoms with Crippen molar-refractivity contribution in [3.63, 3.8) is 0 Å². The molecule has 0 unspecified atom stereocenters. The summed E-state index contributed by atoms with van der Waals surface area (Å²) >= 11 is 0.600. The van der Waals surface area contributed by atoms with Crippen LogP contribution >= 0.6 is 11.8 Å². The summed E-state index contributed by atoms with van der Waals surface area (Å²) in [6, 6.07) is -1.33. The van der Waals surface area contributed by atoms with E-state index >= 15 is 0 Å². The molecule has 0 saturated heterocycles. The smallest absolute Gasteiger partial charge is 0.461 e. The Balaban J connectivity index is 2.82. The van der Waals surface area contributed by atoms with Crippen LogP contribution in [0.1, 0.15) is 46.1 Å². The first-order valence-corrected chi connectivity index (χ1v) is 9.85. The molecular weight excluding hydrogens is 438 g/mol. The van der Waals surface area contributed by atoms with Crippen LogP contribution in [0.2, 0.25) is 0 Å². The zero-order valence-electron chi connectivity index (χ0n) is 18.0. The molecule has 0 bridgehead atoms. The summed E-state index contributed by atoms with van der Waals surface area (Å²) in [6.45, 7) is 7.81. The van der Waals surface area contributed by atoms with Crippen LogP contribution in [0.15, 0.2) is 13.6 Å². The van der Waals surface area contributed by atoms with E-state index in [1.807, 2.05) is 0 Å². The van der Waals surface area contributed by atoms with Gasteiger partial charge in [-0.25, -0.2) is 19.2 Å². The van der Waals surface area contributed by atoms with E-state index in [0.29, 0.717) is 11.8 Å². The molecule has 0 aliphatic heterocycles. The van der Waals surface area contributed by atoms with Gasteiger partial charge < -0.3 is 33.1 Å². The number of carbonyl (C=O) groups is 4. The maximum absolute atomic E-state index is 12.5. The Morgan fingerprint density at radius 1 is 1.10 bits per heavy atom. The van der Waals surface area contributed by atoms with Crippen LogP contribution in [0.25, 0.3) is 0 Å². The number of nitrogens with one attached hydrogen (secondary N) is 1. The number of carbonyl (C=O) groups excluding carboxylic acids is 4. The van der Waals surface area contributed by atoms with E-state index in [1.165, 1.54) is 20.8 Å². The summed E-state index contributed by atoms with van der Waals surface area (Å²) < 4.78 is 27.5. The van der Waals surface area contributed by atoms with Crippen molar-refractivity contribution in [1.82, 2.24) is 5.32 Å². The lowest BCUT2D eigenvalue weighted by molar-refractivity contribution is -0.152. The number of thioether (sulfide) groups is 1. The van der Waals surface area contributed by atoms with Gasteiger partial charge in [-0.15, -0.1) is 0 Å². The van der Waals surface area contributed by atoms with Gasteiger partial charge in [0.1, 0.15) is 6.04 Å². The average molecular weight is 463 g/mol. The van der Waals surface area contributed by atoms with E-state index in [4.69, 9.17) is 13.9 Å². The normalized spacial score (nSPS) is 12.1. The Morgan fingerprint density at radius 2 is 1.74 bits per heavy atom. The highest BCUT2D eigenvalue weighted by molar-refractivity contribution is 8.14. The zero-order valence-corrected chi connectivity index (χ0v) is 18.8. The molecule has 1 aromatic rings. The summed E-state index contributed by atoms with van der Waals surface area (Å²) in [5, 5.41) is 1.48. The molecule has 12 nitrogen and oxygen atoms in total. The molecule has 1 heterocycles. The number of esters is 2. The molecule has 1 atom stereocenters. The van der Waals surface area contributed by atoms with Gasteiger partial charge in [-0.05, 0) is 46.4 Å². The number of aryl methyl sites for hydroxylation is 1. The number of hydrogen-bond acceptors (Lipinski definition) is 12. The SMILES string of the molecule is CC(=O)OCOC(=O)N[C@@H](C(=O)OC(C)C)C(C)(C)SC(=O)OCc1oc(=O)oc1C. The largest absolute Gasteiger partial charge is 0.519 e. The van der Waals surface area contributed by atoms with Crippen LogP contribution in [0, 0.1) is 6.92 Å². The summed E-state index contributed by atoms with van der Waals surface area (Å²) in [5.41, 5.74) is 0. The van der Waals surface area contributed by atoms with Crippen LogP contribution in [-0.4, -0.2) is 47.0 Å². The lowest BCUT2D eigenvalue weighted by Gasteiger charge is -2.31. The minimum absolute atomic E-state index is 0.0414. The van der Waals surface area contributed by atoms with Crippen molar-refractivity contribution in [1.29, 1.82) is 0 Å². The lowest BCUT2D eigenvalue weighted by Crippen LogP contribution is -2.54. The van der Waals surface area contributed by atoms with Gasteiger partial charge >= 0.3 is 29.2 Å². The monoisotopic (exact) mass is 463 g/mol. The van der Waals surface area contributed by atoms with Crippen LogP contribution in [0.4, 0.5) is 9.59 Å². The number of amides is 1. The van der Waals surface area contributed by atoms with Gasteiger partial charge in [0.05, 0.1) is 10.9 Å². The molecule has 174 valence electrons. The van der Waals surface area contributed by atoms with Crippen LogP contribution in [0.5, 0.6) is 0 Å². The van der Waals surface area contributed by atoms with Crippen molar-refractivity contribution < 1.29 is 47.0 Å². The van der Waals surface area contributed by atoms with Crippen LogP contribution in [-0.2, 0) is 35.1 Å². The molecule has 1 rings (SSSR count). The van der Waals surface area contributed by atoms with Crippen molar-refractivity contribution >= 4 is 35.1 Å². The van der Waals surface area contributed by atoms with Gasteiger partial charge in [-0.3, -0.25) is 4.79 Å². The quantitative estimate of drug-likeness (QED) is 0.323. The second-order valence-electron chi connectivity index (χ2n) is 6.93. The molecule has 0 aromatic carbocycles. The fourth-order valence-corrected chi connectivity index (χ4v) is 2.90. The first-order valence-electron chi connectivity index (χ1n) is 9.04. The summed E-state index contributed by atoms with van der Waals surface area (Å²) in [4.78, 5) is 58.6. The third kappa shape index (κ3) is 9.15. The molecule has 0 saturated carbocycles. The third-order valence-electron chi connectivity index (χ3n) is 3.50. The van der Waals surface area contributed by atoms with Crippen LogP contribution in [0.3, 0.4) is 0 Å². The molecular formula is C18H25NO11S. The van der Waals surface area contributed by atoms with Gasteiger partial charge in [0.15, 0.2) is 18.1 Å². The molecule has 1 aromatic heterocycles.